The first-order valence-corrected chi connectivity index (χ1v) is 8.66. The summed E-state index contributed by atoms with van der Waals surface area (Å²) in [5.74, 6) is 0. The van der Waals surface area contributed by atoms with E-state index in [1.165, 1.54) is 5.56 Å². The number of rotatable bonds is 6. The average Bonchev–Trinajstić information content (AvgIpc) is 2.75. The van der Waals surface area contributed by atoms with Gasteiger partial charge in [0.15, 0.2) is 0 Å². The van der Waals surface area contributed by atoms with Gasteiger partial charge < -0.3 is 9.47 Å². The Morgan fingerprint density at radius 2 is 1.92 bits per heavy atom. The van der Waals surface area contributed by atoms with E-state index < -0.39 is 5.72 Å². The molecular formula is C20H29NO3. The van der Waals surface area contributed by atoms with E-state index in [0.29, 0.717) is 13.2 Å². The first-order chi connectivity index (χ1) is 11.3. The van der Waals surface area contributed by atoms with Crippen molar-refractivity contribution in [1.29, 1.82) is 0 Å². The van der Waals surface area contributed by atoms with E-state index in [1.807, 2.05) is 45.9 Å². The van der Waals surface area contributed by atoms with Gasteiger partial charge in [0.05, 0.1) is 18.8 Å². The third-order valence-corrected chi connectivity index (χ3v) is 4.21. The molecule has 1 aliphatic rings. The van der Waals surface area contributed by atoms with E-state index in [0.717, 1.165) is 19.3 Å². The predicted octanol–water partition coefficient (Wildman–Crippen LogP) is 4.85. The van der Waals surface area contributed by atoms with Crippen LogP contribution in [-0.4, -0.2) is 35.5 Å². The van der Waals surface area contributed by atoms with Gasteiger partial charge in [-0.25, -0.2) is 4.79 Å². The van der Waals surface area contributed by atoms with Crippen LogP contribution in [0.2, 0.25) is 0 Å². The molecule has 0 atom stereocenters. The molecule has 1 amide bonds. The highest BCUT2D eigenvalue weighted by molar-refractivity contribution is 5.69. The van der Waals surface area contributed by atoms with Gasteiger partial charge in [0.25, 0.3) is 0 Å². The highest BCUT2D eigenvalue weighted by Crippen LogP contribution is 2.35. The monoisotopic (exact) mass is 331 g/mol. The van der Waals surface area contributed by atoms with Gasteiger partial charge in [-0.05, 0) is 52.5 Å². The largest absolute Gasteiger partial charge is 0.449 e. The summed E-state index contributed by atoms with van der Waals surface area (Å²) in [6, 6.07) is 10.2. The summed E-state index contributed by atoms with van der Waals surface area (Å²) >= 11 is 0. The quantitative estimate of drug-likeness (QED) is 0.699. The van der Waals surface area contributed by atoms with Gasteiger partial charge in [-0.2, -0.15) is 0 Å². The van der Waals surface area contributed by atoms with Crippen molar-refractivity contribution >= 4 is 12.2 Å². The molecule has 24 heavy (non-hydrogen) atoms. The number of hydrogen-bond donors (Lipinski definition) is 0. The maximum atomic E-state index is 12.4. The summed E-state index contributed by atoms with van der Waals surface area (Å²) < 4.78 is 11.2. The van der Waals surface area contributed by atoms with E-state index in [1.54, 1.807) is 4.90 Å². The zero-order chi connectivity index (χ0) is 17.6. The number of carbonyl (C=O) groups is 1. The summed E-state index contributed by atoms with van der Waals surface area (Å²) in [4.78, 5) is 14.1. The SMILES string of the molecule is CC1(C)COC(C)(C)N1C(=O)OCCCC/C=C/c1ccccc1. The van der Waals surface area contributed by atoms with Crippen molar-refractivity contribution in [1.82, 2.24) is 4.90 Å². The van der Waals surface area contributed by atoms with Gasteiger partial charge >= 0.3 is 6.09 Å². The number of nitrogens with zero attached hydrogens (tertiary/aromatic N) is 1. The lowest BCUT2D eigenvalue weighted by Crippen LogP contribution is -2.52. The Bertz CT molecular complexity index is 548. The van der Waals surface area contributed by atoms with Crippen molar-refractivity contribution in [2.24, 2.45) is 0 Å². The second kappa shape index (κ2) is 7.84. The zero-order valence-electron chi connectivity index (χ0n) is 15.2. The Hall–Kier alpha value is -1.81. The van der Waals surface area contributed by atoms with E-state index in [-0.39, 0.29) is 11.6 Å². The fourth-order valence-electron chi connectivity index (χ4n) is 3.05. The van der Waals surface area contributed by atoms with E-state index in [4.69, 9.17) is 9.47 Å². The average molecular weight is 331 g/mol. The lowest BCUT2D eigenvalue weighted by atomic mass is 10.0. The van der Waals surface area contributed by atoms with Crippen LogP contribution in [0.25, 0.3) is 6.08 Å². The molecule has 4 heteroatoms. The van der Waals surface area contributed by atoms with Crippen molar-refractivity contribution in [3.63, 3.8) is 0 Å². The Morgan fingerprint density at radius 3 is 2.54 bits per heavy atom. The smallest absolute Gasteiger partial charge is 0.412 e. The van der Waals surface area contributed by atoms with Crippen molar-refractivity contribution < 1.29 is 14.3 Å². The first kappa shape index (κ1) is 18.5. The molecule has 0 bridgehead atoms. The fraction of sp³-hybridized carbons (Fsp3) is 0.550. The van der Waals surface area contributed by atoms with Crippen LogP contribution in [0, 0.1) is 0 Å². The van der Waals surface area contributed by atoms with Crippen molar-refractivity contribution in [3.8, 4) is 0 Å². The molecule has 2 rings (SSSR count). The molecule has 4 nitrogen and oxygen atoms in total. The molecule has 1 aromatic carbocycles. The highest BCUT2D eigenvalue weighted by atomic mass is 16.6. The third kappa shape index (κ3) is 4.84. The number of allylic oxidation sites excluding steroid dienone is 1. The van der Waals surface area contributed by atoms with E-state index in [2.05, 4.69) is 24.3 Å². The molecule has 0 aliphatic carbocycles. The molecule has 1 heterocycles. The Kier molecular flexibility index (Phi) is 6.05. The summed E-state index contributed by atoms with van der Waals surface area (Å²) in [5, 5.41) is 0. The lowest BCUT2D eigenvalue weighted by Gasteiger charge is -2.36. The molecule has 1 fully saturated rings. The molecule has 132 valence electrons. The Balaban J connectivity index is 1.67. The zero-order valence-corrected chi connectivity index (χ0v) is 15.2. The van der Waals surface area contributed by atoms with Crippen LogP contribution in [0.15, 0.2) is 36.4 Å². The molecule has 1 saturated heterocycles. The minimum atomic E-state index is -0.612. The summed E-state index contributed by atoms with van der Waals surface area (Å²) in [6.45, 7) is 8.77. The number of unbranched alkanes of at least 4 members (excludes halogenated alkanes) is 2. The summed E-state index contributed by atoms with van der Waals surface area (Å²) in [5.41, 5.74) is 0.264. The van der Waals surface area contributed by atoms with Crippen molar-refractivity contribution in [3.05, 3.63) is 42.0 Å². The standard InChI is InChI=1S/C20H29NO3/c1-19(2)16-24-20(3,4)21(19)18(22)23-15-11-6-5-8-12-17-13-9-7-10-14-17/h7-10,12-14H,5-6,11,15-16H2,1-4H3/b12-8+. The van der Waals surface area contributed by atoms with Gasteiger partial charge in [-0.3, -0.25) is 4.90 Å². The van der Waals surface area contributed by atoms with Crippen LogP contribution in [-0.2, 0) is 9.47 Å². The molecule has 1 aromatic rings. The first-order valence-electron chi connectivity index (χ1n) is 8.66. The Morgan fingerprint density at radius 1 is 1.21 bits per heavy atom. The minimum absolute atomic E-state index is 0.290. The van der Waals surface area contributed by atoms with E-state index >= 15 is 0 Å². The third-order valence-electron chi connectivity index (χ3n) is 4.21. The maximum Gasteiger partial charge on any atom is 0.412 e. The van der Waals surface area contributed by atoms with Crippen LogP contribution in [0.4, 0.5) is 4.79 Å². The molecule has 0 spiro atoms. The van der Waals surface area contributed by atoms with Gasteiger partial charge in [-0.1, -0.05) is 42.5 Å². The number of carbonyl (C=O) groups excluding carboxylic acids is 1. The summed E-state index contributed by atoms with van der Waals surface area (Å²) in [6.07, 6.45) is 6.84. The van der Waals surface area contributed by atoms with Crippen LogP contribution in [0.3, 0.4) is 0 Å². The van der Waals surface area contributed by atoms with Crippen LogP contribution < -0.4 is 0 Å². The normalized spacial score (nSPS) is 18.9. The van der Waals surface area contributed by atoms with Crippen molar-refractivity contribution in [2.45, 2.75) is 58.2 Å². The maximum absolute atomic E-state index is 12.4. The van der Waals surface area contributed by atoms with Gasteiger partial charge in [-0.15, -0.1) is 0 Å². The topological polar surface area (TPSA) is 38.8 Å². The highest BCUT2D eigenvalue weighted by Gasteiger charge is 2.49. The minimum Gasteiger partial charge on any atom is -0.449 e. The van der Waals surface area contributed by atoms with Crippen LogP contribution >= 0.6 is 0 Å². The second-order valence-corrected chi connectivity index (χ2v) is 7.31. The lowest BCUT2D eigenvalue weighted by molar-refractivity contribution is -0.0518. The van der Waals surface area contributed by atoms with E-state index in [9.17, 15) is 4.79 Å². The van der Waals surface area contributed by atoms with Crippen LogP contribution in [0.5, 0.6) is 0 Å². The van der Waals surface area contributed by atoms with Crippen LogP contribution in [0.1, 0.15) is 52.5 Å². The van der Waals surface area contributed by atoms with Gasteiger partial charge in [0.2, 0.25) is 0 Å². The molecule has 0 radical (unpaired) electrons. The number of amides is 1. The molecule has 0 unspecified atom stereocenters. The fourth-order valence-corrected chi connectivity index (χ4v) is 3.05. The van der Waals surface area contributed by atoms with Gasteiger partial charge in [0, 0.05) is 0 Å². The molecule has 1 aliphatic heterocycles. The molecule has 0 N–H and O–H groups in total. The number of ether oxygens (including phenoxy) is 2. The molecule has 0 aromatic heterocycles. The molecular weight excluding hydrogens is 302 g/mol. The Labute approximate surface area is 145 Å². The number of benzene rings is 1. The summed E-state index contributed by atoms with van der Waals surface area (Å²) in [7, 11) is 0. The van der Waals surface area contributed by atoms with Gasteiger partial charge in [0.1, 0.15) is 5.72 Å². The second-order valence-electron chi connectivity index (χ2n) is 7.31. The number of hydrogen-bond acceptors (Lipinski definition) is 3. The predicted molar refractivity (Wildman–Crippen MR) is 96.6 cm³/mol. The van der Waals surface area contributed by atoms with Crippen molar-refractivity contribution in [2.75, 3.05) is 13.2 Å². The molecule has 0 saturated carbocycles.